The molecule has 1 amide bonds. The van der Waals surface area contributed by atoms with Crippen LogP contribution in [0.3, 0.4) is 0 Å². The molecule has 1 fully saturated rings. The van der Waals surface area contributed by atoms with E-state index in [0.29, 0.717) is 6.54 Å². The predicted molar refractivity (Wildman–Crippen MR) is 96.1 cm³/mol. The Kier molecular flexibility index (Phi) is 5.07. The van der Waals surface area contributed by atoms with Crippen LogP contribution in [-0.4, -0.2) is 13.0 Å². The molecule has 0 spiro atoms. The van der Waals surface area contributed by atoms with E-state index in [-0.39, 0.29) is 11.7 Å². The summed E-state index contributed by atoms with van der Waals surface area (Å²) >= 11 is 0. The van der Waals surface area contributed by atoms with E-state index < -0.39 is 5.41 Å². The molecule has 3 nitrogen and oxygen atoms in total. The van der Waals surface area contributed by atoms with Gasteiger partial charge in [0.1, 0.15) is 11.6 Å². The lowest BCUT2D eigenvalue weighted by molar-refractivity contribution is -0.126. The van der Waals surface area contributed by atoms with E-state index in [4.69, 9.17) is 4.74 Å². The standard InChI is InChI=1S/C21H24FNO2/c1-15-8-9-16(12-19(15)25-2)14-23-20(24)21(10-3-4-11-21)17-6-5-7-18(22)13-17/h5-9,12-13H,3-4,10-11,14H2,1-2H3,(H,23,24). The van der Waals surface area contributed by atoms with Crippen molar-refractivity contribution in [1.29, 1.82) is 0 Å². The van der Waals surface area contributed by atoms with Crippen molar-refractivity contribution in [1.82, 2.24) is 5.32 Å². The molecule has 4 heteroatoms. The zero-order valence-corrected chi connectivity index (χ0v) is 14.8. The highest BCUT2D eigenvalue weighted by molar-refractivity contribution is 5.88. The monoisotopic (exact) mass is 341 g/mol. The average Bonchev–Trinajstić information content (AvgIpc) is 3.12. The average molecular weight is 341 g/mol. The van der Waals surface area contributed by atoms with Gasteiger partial charge in [0.15, 0.2) is 0 Å². The molecule has 2 aromatic carbocycles. The van der Waals surface area contributed by atoms with Gasteiger partial charge >= 0.3 is 0 Å². The van der Waals surface area contributed by atoms with E-state index in [2.05, 4.69) is 5.32 Å². The summed E-state index contributed by atoms with van der Waals surface area (Å²) in [6.07, 6.45) is 3.50. The van der Waals surface area contributed by atoms with E-state index in [1.807, 2.05) is 31.2 Å². The maximum atomic E-state index is 13.7. The number of aryl methyl sites for hydroxylation is 1. The number of halogens is 1. The van der Waals surface area contributed by atoms with Gasteiger partial charge in [-0.3, -0.25) is 4.79 Å². The lowest BCUT2D eigenvalue weighted by Crippen LogP contribution is -2.42. The van der Waals surface area contributed by atoms with Gasteiger partial charge in [-0.2, -0.15) is 0 Å². The molecule has 3 rings (SSSR count). The topological polar surface area (TPSA) is 38.3 Å². The highest BCUT2D eigenvalue weighted by Crippen LogP contribution is 2.41. The highest BCUT2D eigenvalue weighted by atomic mass is 19.1. The third-order valence-corrected chi connectivity index (χ3v) is 5.19. The molecule has 0 heterocycles. The molecule has 0 aliphatic heterocycles. The summed E-state index contributed by atoms with van der Waals surface area (Å²) in [7, 11) is 1.64. The molecule has 1 aliphatic carbocycles. The Morgan fingerprint density at radius 1 is 1.20 bits per heavy atom. The van der Waals surface area contributed by atoms with Crippen LogP contribution in [0.4, 0.5) is 4.39 Å². The summed E-state index contributed by atoms with van der Waals surface area (Å²) in [6.45, 7) is 2.42. The van der Waals surface area contributed by atoms with Gasteiger partial charge in [0.2, 0.25) is 5.91 Å². The van der Waals surface area contributed by atoms with Gasteiger partial charge in [-0.05, 0) is 54.7 Å². The Hall–Kier alpha value is -2.36. The summed E-state index contributed by atoms with van der Waals surface area (Å²) in [6, 6.07) is 12.4. The summed E-state index contributed by atoms with van der Waals surface area (Å²) in [5.41, 5.74) is 2.22. The number of nitrogens with one attached hydrogen (secondary N) is 1. The molecular weight excluding hydrogens is 317 g/mol. The first kappa shape index (κ1) is 17.5. The van der Waals surface area contributed by atoms with Crippen LogP contribution >= 0.6 is 0 Å². The molecule has 0 aromatic heterocycles. The Labute approximate surface area is 148 Å². The zero-order chi connectivity index (χ0) is 17.9. The van der Waals surface area contributed by atoms with Gasteiger partial charge in [-0.25, -0.2) is 4.39 Å². The van der Waals surface area contributed by atoms with Crippen molar-refractivity contribution < 1.29 is 13.9 Å². The summed E-state index contributed by atoms with van der Waals surface area (Å²) in [5, 5.41) is 3.05. The zero-order valence-electron chi connectivity index (χ0n) is 14.8. The number of rotatable bonds is 5. The minimum atomic E-state index is -0.614. The lowest BCUT2D eigenvalue weighted by atomic mass is 9.78. The number of hydrogen-bond donors (Lipinski definition) is 1. The molecule has 0 atom stereocenters. The van der Waals surface area contributed by atoms with Crippen molar-refractivity contribution in [2.45, 2.75) is 44.6 Å². The summed E-state index contributed by atoms with van der Waals surface area (Å²) in [4.78, 5) is 13.0. The van der Waals surface area contributed by atoms with Crippen molar-refractivity contribution >= 4 is 5.91 Å². The number of carbonyl (C=O) groups excluding carboxylic acids is 1. The quantitative estimate of drug-likeness (QED) is 0.882. The van der Waals surface area contributed by atoms with Gasteiger partial charge < -0.3 is 10.1 Å². The minimum absolute atomic E-state index is 0.0184. The first-order valence-corrected chi connectivity index (χ1v) is 8.73. The van der Waals surface area contributed by atoms with Gasteiger partial charge in [0, 0.05) is 6.54 Å². The smallest absolute Gasteiger partial charge is 0.230 e. The SMILES string of the molecule is COc1cc(CNC(=O)C2(c3cccc(F)c3)CCCC2)ccc1C. The maximum absolute atomic E-state index is 13.7. The molecule has 0 bridgehead atoms. The Morgan fingerprint density at radius 2 is 1.96 bits per heavy atom. The Balaban J connectivity index is 1.78. The Morgan fingerprint density at radius 3 is 2.64 bits per heavy atom. The molecule has 132 valence electrons. The van der Waals surface area contributed by atoms with Crippen LogP contribution in [0.2, 0.25) is 0 Å². The second kappa shape index (κ2) is 7.26. The van der Waals surface area contributed by atoms with Crippen LogP contribution in [0.1, 0.15) is 42.4 Å². The van der Waals surface area contributed by atoms with Crippen molar-refractivity contribution in [2.24, 2.45) is 0 Å². The van der Waals surface area contributed by atoms with Crippen LogP contribution < -0.4 is 10.1 Å². The number of methoxy groups -OCH3 is 1. The number of amides is 1. The highest BCUT2D eigenvalue weighted by Gasteiger charge is 2.42. The van der Waals surface area contributed by atoms with Gasteiger partial charge in [-0.1, -0.05) is 37.1 Å². The maximum Gasteiger partial charge on any atom is 0.230 e. The molecule has 0 radical (unpaired) electrons. The summed E-state index contributed by atoms with van der Waals surface area (Å²) in [5.74, 6) is 0.502. The number of carbonyl (C=O) groups is 1. The fourth-order valence-corrected chi connectivity index (χ4v) is 3.74. The molecule has 0 unspecified atom stereocenters. The van der Waals surface area contributed by atoms with Crippen LogP contribution in [0.5, 0.6) is 5.75 Å². The van der Waals surface area contributed by atoms with Gasteiger partial charge in [0.05, 0.1) is 12.5 Å². The third kappa shape index (κ3) is 3.53. The molecule has 1 saturated carbocycles. The number of benzene rings is 2. The van der Waals surface area contributed by atoms with Gasteiger partial charge in [0.25, 0.3) is 0 Å². The van der Waals surface area contributed by atoms with Crippen LogP contribution in [0.15, 0.2) is 42.5 Å². The van der Waals surface area contributed by atoms with E-state index in [1.54, 1.807) is 13.2 Å². The number of ether oxygens (including phenoxy) is 1. The molecule has 25 heavy (non-hydrogen) atoms. The van der Waals surface area contributed by atoms with E-state index in [0.717, 1.165) is 48.1 Å². The largest absolute Gasteiger partial charge is 0.496 e. The molecule has 1 aliphatic rings. The van der Waals surface area contributed by atoms with E-state index in [9.17, 15) is 9.18 Å². The Bertz CT molecular complexity index is 766. The predicted octanol–water partition coefficient (Wildman–Crippen LogP) is 4.27. The minimum Gasteiger partial charge on any atom is -0.496 e. The van der Waals surface area contributed by atoms with E-state index in [1.165, 1.54) is 12.1 Å². The fraction of sp³-hybridized carbons (Fsp3) is 0.381. The van der Waals surface area contributed by atoms with Crippen molar-refractivity contribution in [3.05, 3.63) is 65.0 Å². The molecule has 1 N–H and O–H groups in total. The lowest BCUT2D eigenvalue weighted by Gasteiger charge is -2.28. The molecular formula is C21H24FNO2. The van der Waals surface area contributed by atoms with E-state index >= 15 is 0 Å². The number of hydrogen-bond acceptors (Lipinski definition) is 2. The van der Waals surface area contributed by atoms with Crippen LogP contribution in [0, 0.1) is 12.7 Å². The summed E-state index contributed by atoms with van der Waals surface area (Å²) < 4.78 is 19.0. The normalized spacial score (nSPS) is 15.8. The fourth-order valence-electron chi connectivity index (χ4n) is 3.74. The molecule has 2 aromatic rings. The second-order valence-corrected chi connectivity index (χ2v) is 6.79. The first-order valence-electron chi connectivity index (χ1n) is 8.73. The van der Waals surface area contributed by atoms with Crippen molar-refractivity contribution in [3.8, 4) is 5.75 Å². The van der Waals surface area contributed by atoms with Crippen molar-refractivity contribution in [3.63, 3.8) is 0 Å². The second-order valence-electron chi connectivity index (χ2n) is 6.79. The van der Waals surface area contributed by atoms with Gasteiger partial charge in [-0.15, -0.1) is 0 Å². The van der Waals surface area contributed by atoms with Crippen molar-refractivity contribution in [2.75, 3.05) is 7.11 Å². The van der Waals surface area contributed by atoms with Crippen LogP contribution in [-0.2, 0) is 16.8 Å². The molecule has 0 saturated heterocycles. The third-order valence-electron chi connectivity index (χ3n) is 5.19. The first-order chi connectivity index (χ1) is 12.0. The van der Waals surface area contributed by atoms with Crippen LogP contribution in [0.25, 0.3) is 0 Å².